The number of imidazole rings is 1. The lowest BCUT2D eigenvalue weighted by Gasteiger charge is -2.31. The molecule has 0 aliphatic carbocycles. The number of para-hydroxylation sites is 1. The van der Waals surface area contributed by atoms with Gasteiger partial charge in [0.2, 0.25) is 0 Å². The molecule has 4 aromatic rings. The summed E-state index contributed by atoms with van der Waals surface area (Å²) in [7, 11) is 3.27. The minimum atomic E-state index is -0.597. The van der Waals surface area contributed by atoms with E-state index in [4.69, 9.17) is 13.9 Å². The number of hydrogen-bond acceptors (Lipinski definition) is 6. The summed E-state index contributed by atoms with van der Waals surface area (Å²) in [6, 6.07) is 14.7. The highest BCUT2D eigenvalue weighted by molar-refractivity contribution is 5.96. The molecule has 0 saturated carbocycles. The van der Waals surface area contributed by atoms with E-state index in [9.17, 15) is 9.59 Å². The van der Waals surface area contributed by atoms with Crippen molar-refractivity contribution in [3.05, 3.63) is 88.3 Å². The van der Waals surface area contributed by atoms with E-state index < -0.39 is 5.63 Å². The number of carbonyl (C=O) groups is 1. The Morgan fingerprint density at radius 3 is 2.49 bits per heavy atom. The maximum absolute atomic E-state index is 13.1. The molecule has 5 rings (SSSR count). The first-order valence-corrected chi connectivity index (χ1v) is 11.6. The van der Waals surface area contributed by atoms with Gasteiger partial charge in [0.15, 0.2) is 0 Å². The quantitative estimate of drug-likeness (QED) is 0.392. The number of benzene rings is 2. The van der Waals surface area contributed by atoms with Crippen LogP contribution in [0, 0.1) is 0 Å². The van der Waals surface area contributed by atoms with Gasteiger partial charge in [-0.15, -0.1) is 0 Å². The Morgan fingerprint density at radius 2 is 1.77 bits per heavy atom. The van der Waals surface area contributed by atoms with Crippen molar-refractivity contribution >= 4 is 16.9 Å². The first-order valence-electron chi connectivity index (χ1n) is 11.6. The highest BCUT2D eigenvalue weighted by Gasteiger charge is 2.28. The van der Waals surface area contributed by atoms with Crippen LogP contribution in [0.5, 0.6) is 11.5 Å². The second kappa shape index (κ2) is 9.66. The molecular weight excluding hydrogens is 446 g/mol. The average molecular weight is 474 g/mol. The van der Waals surface area contributed by atoms with Crippen molar-refractivity contribution < 1.29 is 18.7 Å². The number of methoxy groups -OCH3 is 2. The maximum atomic E-state index is 13.1. The standard InChI is InChI=1S/C27H27N3O5/c1-33-21-13-18(14-22(16-21)34-2)17-30-12-9-28-25(30)19-7-10-29(11-8-19)26(31)23-15-20-5-3-4-6-24(20)35-27(23)32/h3-6,9,12-16,19H,7-8,10-11,17H2,1-2H3. The van der Waals surface area contributed by atoms with Crippen LogP contribution in [0.2, 0.25) is 0 Å². The van der Waals surface area contributed by atoms with Crippen molar-refractivity contribution in [2.24, 2.45) is 0 Å². The van der Waals surface area contributed by atoms with Gasteiger partial charge in [-0.1, -0.05) is 18.2 Å². The van der Waals surface area contributed by atoms with Crippen LogP contribution in [0.1, 0.15) is 40.5 Å². The maximum Gasteiger partial charge on any atom is 0.349 e. The van der Waals surface area contributed by atoms with E-state index in [2.05, 4.69) is 9.55 Å². The van der Waals surface area contributed by atoms with E-state index in [0.717, 1.165) is 41.1 Å². The van der Waals surface area contributed by atoms with Gasteiger partial charge in [0.05, 0.1) is 14.2 Å². The zero-order chi connectivity index (χ0) is 24.4. The summed E-state index contributed by atoms with van der Waals surface area (Å²) in [6.07, 6.45) is 5.32. The Kier molecular flexibility index (Phi) is 6.27. The second-order valence-corrected chi connectivity index (χ2v) is 8.69. The van der Waals surface area contributed by atoms with Gasteiger partial charge in [0.1, 0.15) is 28.5 Å². The number of ether oxygens (including phenoxy) is 2. The van der Waals surface area contributed by atoms with E-state index in [1.165, 1.54) is 0 Å². The summed E-state index contributed by atoms with van der Waals surface area (Å²) in [5, 5.41) is 0.738. The van der Waals surface area contributed by atoms with Gasteiger partial charge < -0.3 is 23.4 Å². The molecule has 0 spiro atoms. The Balaban J connectivity index is 1.29. The van der Waals surface area contributed by atoms with Crippen LogP contribution in [0.15, 0.2) is 70.1 Å². The molecule has 1 saturated heterocycles. The SMILES string of the molecule is COc1cc(Cn2ccnc2C2CCN(C(=O)c3cc4ccccc4oc3=O)CC2)cc(OC)c1. The Labute approximate surface area is 202 Å². The van der Waals surface area contributed by atoms with Gasteiger partial charge in [0, 0.05) is 49.4 Å². The van der Waals surface area contributed by atoms with Crippen LogP contribution >= 0.6 is 0 Å². The van der Waals surface area contributed by atoms with Crippen LogP contribution in [0.4, 0.5) is 0 Å². The molecule has 0 bridgehead atoms. The molecule has 180 valence electrons. The molecule has 3 heterocycles. The Hall–Kier alpha value is -4.07. The first-order chi connectivity index (χ1) is 17.1. The number of rotatable bonds is 6. The summed E-state index contributed by atoms with van der Waals surface area (Å²) in [5.74, 6) is 2.41. The second-order valence-electron chi connectivity index (χ2n) is 8.69. The van der Waals surface area contributed by atoms with Gasteiger partial charge in [-0.3, -0.25) is 4.79 Å². The fraction of sp³-hybridized carbons (Fsp3) is 0.296. The van der Waals surface area contributed by atoms with E-state index in [0.29, 0.717) is 25.2 Å². The summed E-state index contributed by atoms with van der Waals surface area (Å²) in [5.41, 5.74) is 1.01. The fourth-order valence-corrected chi connectivity index (χ4v) is 4.69. The molecule has 1 aliphatic heterocycles. The number of hydrogen-bond donors (Lipinski definition) is 0. The molecule has 0 atom stereocenters. The first kappa shape index (κ1) is 22.7. The van der Waals surface area contributed by atoms with Crippen LogP contribution in [-0.4, -0.2) is 47.7 Å². The molecule has 8 heteroatoms. The van der Waals surface area contributed by atoms with Crippen LogP contribution in [0.3, 0.4) is 0 Å². The zero-order valence-electron chi connectivity index (χ0n) is 19.8. The molecule has 2 aromatic carbocycles. The van der Waals surface area contributed by atoms with E-state index in [-0.39, 0.29) is 17.4 Å². The summed E-state index contributed by atoms with van der Waals surface area (Å²) in [4.78, 5) is 31.9. The third-order valence-corrected chi connectivity index (χ3v) is 6.53. The van der Waals surface area contributed by atoms with Crippen LogP contribution in [0.25, 0.3) is 11.0 Å². The normalized spacial score (nSPS) is 14.3. The summed E-state index contributed by atoms with van der Waals surface area (Å²) in [6.45, 7) is 1.74. The average Bonchev–Trinajstić information content (AvgIpc) is 3.35. The van der Waals surface area contributed by atoms with Gasteiger partial charge in [-0.2, -0.15) is 0 Å². The number of aromatic nitrogens is 2. The van der Waals surface area contributed by atoms with E-state index in [1.807, 2.05) is 42.7 Å². The topological polar surface area (TPSA) is 86.8 Å². The molecule has 2 aromatic heterocycles. The van der Waals surface area contributed by atoms with Crippen LogP contribution < -0.4 is 15.1 Å². The monoisotopic (exact) mass is 473 g/mol. The highest BCUT2D eigenvalue weighted by atomic mass is 16.5. The molecule has 0 radical (unpaired) electrons. The van der Waals surface area contributed by atoms with Crippen molar-refractivity contribution in [1.82, 2.24) is 14.5 Å². The fourth-order valence-electron chi connectivity index (χ4n) is 4.69. The predicted molar refractivity (Wildman–Crippen MR) is 131 cm³/mol. The molecule has 35 heavy (non-hydrogen) atoms. The van der Waals surface area contributed by atoms with Crippen molar-refractivity contribution in [3.63, 3.8) is 0 Å². The van der Waals surface area contributed by atoms with Gasteiger partial charge in [-0.25, -0.2) is 9.78 Å². The molecule has 0 unspecified atom stereocenters. The summed E-state index contributed by atoms with van der Waals surface area (Å²) < 4.78 is 18.3. The minimum Gasteiger partial charge on any atom is -0.497 e. The smallest absolute Gasteiger partial charge is 0.349 e. The number of amides is 1. The van der Waals surface area contributed by atoms with Crippen LogP contribution in [-0.2, 0) is 6.54 Å². The Morgan fingerprint density at radius 1 is 1.06 bits per heavy atom. The number of nitrogens with zero attached hydrogens (tertiary/aromatic N) is 3. The van der Waals surface area contributed by atoms with Gasteiger partial charge in [0.25, 0.3) is 5.91 Å². The Bertz CT molecular complexity index is 1390. The van der Waals surface area contributed by atoms with E-state index in [1.54, 1.807) is 37.3 Å². The van der Waals surface area contributed by atoms with Crippen molar-refractivity contribution in [3.8, 4) is 11.5 Å². The summed E-state index contributed by atoms with van der Waals surface area (Å²) >= 11 is 0. The number of likely N-dealkylation sites (tertiary alicyclic amines) is 1. The highest BCUT2D eigenvalue weighted by Crippen LogP contribution is 2.29. The van der Waals surface area contributed by atoms with Crippen molar-refractivity contribution in [1.29, 1.82) is 0 Å². The lowest BCUT2D eigenvalue weighted by atomic mass is 9.95. The molecule has 1 amide bonds. The largest absolute Gasteiger partial charge is 0.497 e. The lowest BCUT2D eigenvalue weighted by Crippen LogP contribution is -2.40. The van der Waals surface area contributed by atoms with Crippen molar-refractivity contribution in [2.75, 3.05) is 27.3 Å². The molecule has 8 nitrogen and oxygen atoms in total. The molecular formula is C27H27N3O5. The number of carbonyl (C=O) groups excluding carboxylic acids is 1. The number of fused-ring (bicyclic) bond motifs is 1. The molecule has 0 N–H and O–H groups in total. The third-order valence-electron chi connectivity index (χ3n) is 6.53. The zero-order valence-corrected chi connectivity index (χ0v) is 19.8. The lowest BCUT2D eigenvalue weighted by molar-refractivity contribution is 0.0706. The predicted octanol–water partition coefficient (Wildman–Crippen LogP) is 4.07. The third kappa shape index (κ3) is 4.64. The van der Waals surface area contributed by atoms with Gasteiger partial charge in [-0.05, 0) is 42.7 Å². The molecule has 1 aliphatic rings. The van der Waals surface area contributed by atoms with E-state index >= 15 is 0 Å². The minimum absolute atomic E-state index is 0.0793. The van der Waals surface area contributed by atoms with Gasteiger partial charge >= 0.3 is 5.63 Å². The molecule has 1 fully saturated rings. The van der Waals surface area contributed by atoms with Crippen molar-refractivity contribution in [2.45, 2.75) is 25.3 Å². The number of piperidine rings is 1.